The number of hydrogen-bond acceptors (Lipinski definition) is 6. The maximum atomic E-state index is 13.9. The van der Waals surface area contributed by atoms with Crippen LogP contribution in [0.5, 0.6) is 5.75 Å². The first-order valence-electron chi connectivity index (χ1n) is 15.2. The van der Waals surface area contributed by atoms with Crippen molar-refractivity contribution in [1.29, 1.82) is 0 Å². The average molecular weight is 592 g/mol. The second-order valence-electron chi connectivity index (χ2n) is 11.1. The van der Waals surface area contributed by atoms with Crippen LogP contribution in [0, 0.1) is 12.8 Å². The fourth-order valence-electron chi connectivity index (χ4n) is 5.08. The van der Waals surface area contributed by atoms with E-state index in [1.807, 2.05) is 86.6 Å². The molecule has 0 radical (unpaired) electrons. The van der Waals surface area contributed by atoms with Gasteiger partial charge in [0, 0.05) is 49.7 Å². The van der Waals surface area contributed by atoms with Crippen molar-refractivity contribution < 1.29 is 19.1 Å². The van der Waals surface area contributed by atoms with Crippen LogP contribution in [-0.2, 0) is 35.4 Å². The van der Waals surface area contributed by atoms with Crippen molar-refractivity contribution in [3.05, 3.63) is 131 Å². The van der Waals surface area contributed by atoms with E-state index < -0.39 is 12.0 Å². The molecule has 0 unspecified atom stereocenters. The molecule has 3 N–H and O–H groups in total. The highest BCUT2D eigenvalue weighted by Crippen LogP contribution is 2.20. The van der Waals surface area contributed by atoms with E-state index in [1.165, 1.54) is 0 Å². The summed E-state index contributed by atoms with van der Waals surface area (Å²) in [5.41, 5.74) is 11.1. The molecule has 0 bridgehead atoms. The molecule has 1 heterocycles. The molecule has 4 rings (SSSR count). The maximum Gasteiger partial charge on any atom is 0.224 e. The first-order chi connectivity index (χ1) is 21.3. The van der Waals surface area contributed by atoms with Crippen LogP contribution < -0.4 is 15.8 Å². The number of amides is 1. The fraction of sp³-hybridized carbons (Fsp3) is 0.297. The van der Waals surface area contributed by atoms with Crippen LogP contribution in [0.2, 0.25) is 0 Å². The monoisotopic (exact) mass is 591 g/mol. The summed E-state index contributed by atoms with van der Waals surface area (Å²) in [5.74, 6) is -0.446. The van der Waals surface area contributed by atoms with Gasteiger partial charge in [-0.05, 0) is 67.1 Å². The molecule has 1 amide bonds. The highest BCUT2D eigenvalue weighted by atomic mass is 16.5. The normalized spacial score (nSPS) is 12.2. The number of nitrogens with two attached hydrogens (primary N) is 1. The van der Waals surface area contributed by atoms with Crippen LogP contribution in [0.4, 0.5) is 0 Å². The van der Waals surface area contributed by atoms with Crippen LogP contribution >= 0.6 is 0 Å². The lowest BCUT2D eigenvalue weighted by molar-refractivity contribution is -0.130. The molecule has 4 aromatic rings. The van der Waals surface area contributed by atoms with Crippen LogP contribution in [0.1, 0.15) is 57.9 Å². The molecule has 1 aromatic heterocycles. The molecule has 0 saturated carbocycles. The zero-order valence-electron chi connectivity index (χ0n) is 25.5. The molecule has 0 saturated heterocycles. The largest absolute Gasteiger partial charge is 0.494 e. The van der Waals surface area contributed by atoms with Gasteiger partial charge in [-0.2, -0.15) is 0 Å². The number of nitrogens with one attached hydrogen (secondary N) is 1. The molecule has 44 heavy (non-hydrogen) atoms. The summed E-state index contributed by atoms with van der Waals surface area (Å²) in [6.07, 6.45) is 4.86. The Hall–Kier alpha value is -4.62. The SMILES string of the molecule is CCOc1ccc(C[C@@H](CC(=O)c2ccc(C)cc2)C(=O)N[C@@H](Cc2cccnc2)C(=O)CCc2ccc(CN)cc2)cc1. The number of ether oxygens (including phenoxy) is 1. The number of pyridine rings is 1. The predicted molar refractivity (Wildman–Crippen MR) is 172 cm³/mol. The smallest absolute Gasteiger partial charge is 0.224 e. The summed E-state index contributed by atoms with van der Waals surface area (Å²) < 4.78 is 5.57. The third-order valence-corrected chi connectivity index (χ3v) is 7.68. The number of Topliss-reactive ketones (excluding diaryl/α,β-unsaturated/α-hetero) is 2. The van der Waals surface area contributed by atoms with E-state index in [9.17, 15) is 14.4 Å². The summed E-state index contributed by atoms with van der Waals surface area (Å²) in [7, 11) is 0. The molecule has 0 aliphatic carbocycles. The molecule has 2 atom stereocenters. The average Bonchev–Trinajstić information content (AvgIpc) is 3.05. The van der Waals surface area contributed by atoms with Crippen LogP contribution in [0.3, 0.4) is 0 Å². The summed E-state index contributed by atoms with van der Waals surface area (Å²) in [6, 6.07) is 25.7. The number of nitrogens with zero attached hydrogens (tertiary/aromatic N) is 1. The molecule has 3 aromatic carbocycles. The fourth-order valence-corrected chi connectivity index (χ4v) is 5.08. The number of carbonyl (C=O) groups excluding carboxylic acids is 3. The first-order valence-corrected chi connectivity index (χ1v) is 15.2. The number of aromatic nitrogens is 1. The lowest BCUT2D eigenvalue weighted by atomic mass is 9.90. The standard InChI is InChI=1S/C37H41N3O4/c1-3-44-33-17-12-28(13-18-33)21-32(23-36(42)31-15-6-26(2)7-16-31)37(43)40-34(22-30-5-4-20-39-25-30)35(41)19-14-27-8-10-29(24-38)11-9-27/h4-13,15-18,20,25,32,34H,3,14,19,21-24,38H2,1-2H3,(H,40,43)/t32-,34-/m0/s1. The van der Waals surface area contributed by atoms with E-state index >= 15 is 0 Å². The van der Waals surface area contributed by atoms with Crippen LogP contribution in [-0.4, -0.2) is 35.1 Å². The Balaban J connectivity index is 1.53. The number of benzene rings is 3. The van der Waals surface area contributed by atoms with E-state index in [2.05, 4.69) is 10.3 Å². The Morgan fingerprint density at radius 3 is 2.16 bits per heavy atom. The zero-order valence-corrected chi connectivity index (χ0v) is 25.5. The van der Waals surface area contributed by atoms with Gasteiger partial charge in [-0.25, -0.2) is 0 Å². The second kappa shape index (κ2) is 16.3. The minimum Gasteiger partial charge on any atom is -0.494 e. The van der Waals surface area contributed by atoms with Crippen molar-refractivity contribution in [1.82, 2.24) is 10.3 Å². The van der Waals surface area contributed by atoms with Gasteiger partial charge in [0.25, 0.3) is 0 Å². The Kier molecular flexibility index (Phi) is 12.0. The van der Waals surface area contributed by atoms with Gasteiger partial charge in [0.1, 0.15) is 5.75 Å². The lowest BCUT2D eigenvalue weighted by Crippen LogP contribution is -2.46. The third-order valence-electron chi connectivity index (χ3n) is 7.68. The second-order valence-corrected chi connectivity index (χ2v) is 11.1. The summed E-state index contributed by atoms with van der Waals surface area (Å²) in [5, 5.41) is 3.03. The number of aryl methyl sites for hydroxylation is 2. The Labute approximate surface area is 259 Å². The van der Waals surface area contributed by atoms with Crippen LogP contribution in [0.25, 0.3) is 0 Å². The van der Waals surface area contributed by atoms with Gasteiger partial charge in [-0.1, -0.05) is 72.3 Å². The van der Waals surface area contributed by atoms with E-state index in [-0.39, 0.29) is 30.3 Å². The van der Waals surface area contributed by atoms with Crippen LogP contribution in [0.15, 0.2) is 97.3 Å². The van der Waals surface area contributed by atoms with Gasteiger partial charge >= 0.3 is 0 Å². The number of hydrogen-bond donors (Lipinski definition) is 2. The molecule has 0 aliphatic rings. The number of rotatable bonds is 16. The topological polar surface area (TPSA) is 111 Å². The maximum absolute atomic E-state index is 13.9. The van der Waals surface area contributed by atoms with Crippen molar-refractivity contribution in [2.24, 2.45) is 11.7 Å². The Morgan fingerprint density at radius 2 is 1.52 bits per heavy atom. The van der Waals surface area contributed by atoms with E-state index in [0.717, 1.165) is 33.6 Å². The molecule has 0 aliphatic heterocycles. The summed E-state index contributed by atoms with van der Waals surface area (Å²) >= 11 is 0. The van der Waals surface area contributed by atoms with Crippen molar-refractivity contribution in [2.75, 3.05) is 6.61 Å². The van der Waals surface area contributed by atoms with Gasteiger partial charge in [0.05, 0.1) is 12.6 Å². The van der Waals surface area contributed by atoms with Crippen molar-refractivity contribution in [3.63, 3.8) is 0 Å². The zero-order chi connectivity index (χ0) is 31.3. The van der Waals surface area contributed by atoms with Crippen molar-refractivity contribution >= 4 is 17.5 Å². The minimum absolute atomic E-state index is 0.0173. The lowest BCUT2D eigenvalue weighted by Gasteiger charge is -2.22. The minimum atomic E-state index is -0.757. The van der Waals surface area contributed by atoms with E-state index in [0.29, 0.717) is 38.0 Å². The van der Waals surface area contributed by atoms with Gasteiger partial charge in [-0.3, -0.25) is 19.4 Å². The number of carbonyl (C=O) groups is 3. The molecule has 0 spiro atoms. The Morgan fingerprint density at radius 1 is 0.841 bits per heavy atom. The predicted octanol–water partition coefficient (Wildman–Crippen LogP) is 5.61. The number of ketones is 2. The van der Waals surface area contributed by atoms with E-state index in [4.69, 9.17) is 10.5 Å². The summed E-state index contributed by atoms with van der Waals surface area (Å²) in [4.78, 5) is 45.0. The van der Waals surface area contributed by atoms with E-state index in [1.54, 1.807) is 24.5 Å². The molecule has 7 heteroatoms. The molecular weight excluding hydrogens is 550 g/mol. The Bertz CT molecular complexity index is 1500. The van der Waals surface area contributed by atoms with Gasteiger partial charge in [0.15, 0.2) is 11.6 Å². The third kappa shape index (κ3) is 9.71. The molecule has 228 valence electrons. The summed E-state index contributed by atoms with van der Waals surface area (Å²) in [6.45, 7) is 4.90. The highest BCUT2D eigenvalue weighted by Gasteiger charge is 2.28. The molecule has 0 fully saturated rings. The first kappa shape index (κ1) is 32.3. The quantitative estimate of drug-likeness (QED) is 0.164. The van der Waals surface area contributed by atoms with Gasteiger partial charge < -0.3 is 15.8 Å². The molecular formula is C37H41N3O4. The van der Waals surface area contributed by atoms with Gasteiger partial charge in [-0.15, -0.1) is 0 Å². The highest BCUT2D eigenvalue weighted by molar-refractivity contribution is 5.99. The molecule has 7 nitrogen and oxygen atoms in total. The van der Waals surface area contributed by atoms with Gasteiger partial charge in [0.2, 0.25) is 5.91 Å². The van der Waals surface area contributed by atoms with Crippen molar-refractivity contribution in [2.45, 2.75) is 58.5 Å². The van der Waals surface area contributed by atoms with Crippen molar-refractivity contribution in [3.8, 4) is 5.75 Å².